The summed E-state index contributed by atoms with van der Waals surface area (Å²) >= 11 is 0. The van der Waals surface area contributed by atoms with E-state index in [1.54, 1.807) is 13.0 Å². The van der Waals surface area contributed by atoms with Crippen molar-refractivity contribution in [3.8, 4) is 0 Å². The molecule has 1 aromatic rings. The van der Waals surface area contributed by atoms with E-state index in [9.17, 15) is 16.8 Å². The third-order valence-electron chi connectivity index (χ3n) is 4.25. The molecule has 1 aliphatic heterocycles. The van der Waals surface area contributed by atoms with E-state index in [1.807, 2.05) is 6.92 Å². The summed E-state index contributed by atoms with van der Waals surface area (Å²) in [7, 11) is -7.42. The van der Waals surface area contributed by atoms with E-state index in [0.29, 0.717) is 25.2 Å². The van der Waals surface area contributed by atoms with E-state index < -0.39 is 20.0 Å². The summed E-state index contributed by atoms with van der Waals surface area (Å²) in [6.07, 6.45) is 2.69. The highest BCUT2D eigenvalue weighted by molar-refractivity contribution is 7.90. The van der Waals surface area contributed by atoms with Gasteiger partial charge in [-0.15, -0.1) is 12.4 Å². The smallest absolute Gasteiger partial charge is 0.243 e. The first-order valence-electron chi connectivity index (χ1n) is 8.60. The minimum absolute atomic E-state index is 0. The average molecular weight is 426 g/mol. The van der Waals surface area contributed by atoms with Gasteiger partial charge in [-0.3, -0.25) is 0 Å². The molecule has 0 aliphatic carbocycles. The van der Waals surface area contributed by atoms with Gasteiger partial charge in [-0.1, -0.05) is 19.4 Å². The molecule has 0 atom stereocenters. The van der Waals surface area contributed by atoms with Gasteiger partial charge in [0, 0.05) is 26.2 Å². The molecule has 2 rings (SSSR count). The summed E-state index contributed by atoms with van der Waals surface area (Å²) in [5.74, 6) is 0. The molecule has 150 valence electrons. The summed E-state index contributed by atoms with van der Waals surface area (Å²) in [5, 5.41) is 3.04. The van der Waals surface area contributed by atoms with Crippen molar-refractivity contribution >= 4 is 32.5 Å². The van der Waals surface area contributed by atoms with Crippen LogP contribution in [0.2, 0.25) is 0 Å². The molecule has 1 aromatic carbocycles. The quantitative estimate of drug-likeness (QED) is 0.615. The molecule has 0 spiro atoms. The van der Waals surface area contributed by atoms with Gasteiger partial charge in [-0.05, 0) is 44.0 Å². The van der Waals surface area contributed by atoms with Gasteiger partial charge < -0.3 is 5.32 Å². The number of hydrogen-bond donors (Lipinski definition) is 2. The highest BCUT2D eigenvalue weighted by atomic mass is 35.5. The Hall–Kier alpha value is -0.710. The maximum Gasteiger partial charge on any atom is 0.243 e. The standard InChI is InChI=1S/C16H27N3O4S2.ClH/c1-3-17-9-10-18-24(20,21)16-13-15(8-7-14(16)2)25(22,23)19-11-5-4-6-12-19;/h7-8,13,17-18H,3-6,9-12H2,1-2H3;1H. The van der Waals surface area contributed by atoms with Gasteiger partial charge in [0.15, 0.2) is 0 Å². The SMILES string of the molecule is CCNCCNS(=O)(=O)c1cc(S(=O)(=O)N2CCCCC2)ccc1C.Cl. The number of halogens is 1. The predicted octanol–water partition coefficient (Wildman–Crippen LogP) is 1.48. The van der Waals surface area contributed by atoms with Gasteiger partial charge in [0.25, 0.3) is 0 Å². The van der Waals surface area contributed by atoms with Crippen molar-refractivity contribution < 1.29 is 16.8 Å². The Bertz CT molecular complexity index is 792. The number of likely N-dealkylation sites (N-methyl/N-ethyl adjacent to an activating group) is 1. The molecule has 1 saturated heterocycles. The van der Waals surface area contributed by atoms with Gasteiger partial charge in [0.1, 0.15) is 0 Å². The first-order chi connectivity index (χ1) is 11.8. The number of piperidine rings is 1. The summed E-state index contributed by atoms with van der Waals surface area (Å²) in [5.41, 5.74) is 0.522. The molecule has 26 heavy (non-hydrogen) atoms. The van der Waals surface area contributed by atoms with Crippen LogP contribution in [-0.2, 0) is 20.0 Å². The van der Waals surface area contributed by atoms with E-state index in [4.69, 9.17) is 0 Å². The van der Waals surface area contributed by atoms with Crippen molar-refractivity contribution in [1.82, 2.24) is 14.3 Å². The van der Waals surface area contributed by atoms with Crippen LogP contribution in [0.4, 0.5) is 0 Å². The van der Waals surface area contributed by atoms with Crippen molar-refractivity contribution in [1.29, 1.82) is 0 Å². The van der Waals surface area contributed by atoms with Gasteiger partial charge in [0.05, 0.1) is 9.79 Å². The van der Waals surface area contributed by atoms with Crippen LogP contribution in [0.3, 0.4) is 0 Å². The predicted molar refractivity (Wildman–Crippen MR) is 105 cm³/mol. The van der Waals surface area contributed by atoms with E-state index in [0.717, 1.165) is 25.8 Å². The molecule has 0 saturated carbocycles. The Morgan fingerprint density at radius 2 is 1.69 bits per heavy atom. The van der Waals surface area contributed by atoms with Crippen molar-refractivity contribution in [3.05, 3.63) is 23.8 Å². The fraction of sp³-hybridized carbons (Fsp3) is 0.625. The zero-order chi connectivity index (χ0) is 18.5. The maximum atomic E-state index is 12.8. The zero-order valence-corrected chi connectivity index (χ0v) is 17.6. The minimum atomic E-state index is -3.76. The third kappa shape index (κ3) is 5.64. The molecule has 0 bridgehead atoms. The lowest BCUT2D eigenvalue weighted by Crippen LogP contribution is -2.36. The number of nitrogens with zero attached hydrogens (tertiary/aromatic N) is 1. The van der Waals surface area contributed by atoms with E-state index in [2.05, 4.69) is 10.0 Å². The van der Waals surface area contributed by atoms with E-state index in [-0.39, 0.29) is 28.7 Å². The molecule has 2 N–H and O–H groups in total. The molecule has 0 aromatic heterocycles. The van der Waals surface area contributed by atoms with Crippen LogP contribution < -0.4 is 10.0 Å². The van der Waals surface area contributed by atoms with Gasteiger partial charge in [0.2, 0.25) is 20.0 Å². The van der Waals surface area contributed by atoms with Crippen LogP contribution in [0.1, 0.15) is 31.7 Å². The molecule has 7 nitrogen and oxygen atoms in total. The molecule has 1 aliphatic rings. The number of aryl methyl sites for hydroxylation is 1. The monoisotopic (exact) mass is 425 g/mol. The first kappa shape index (κ1) is 23.3. The fourth-order valence-corrected chi connectivity index (χ4v) is 5.73. The normalized spacial score (nSPS) is 16.2. The van der Waals surface area contributed by atoms with Crippen LogP contribution in [0.5, 0.6) is 0 Å². The Balaban J connectivity index is 0.00000338. The second-order valence-corrected chi connectivity index (χ2v) is 9.82. The molecule has 0 amide bonds. The van der Waals surface area contributed by atoms with Crippen molar-refractivity contribution in [2.24, 2.45) is 0 Å². The second kappa shape index (κ2) is 10.0. The third-order valence-corrected chi connectivity index (χ3v) is 7.74. The van der Waals surface area contributed by atoms with Crippen LogP contribution in [0, 0.1) is 6.92 Å². The number of sulfonamides is 2. The minimum Gasteiger partial charge on any atom is -0.316 e. The Kier molecular flexibility index (Phi) is 8.98. The highest BCUT2D eigenvalue weighted by Gasteiger charge is 2.28. The topological polar surface area (TPSA) is 95.6 Å². The molecule has 0 unspecified atom stereocenters. The lowest BCUT2D eigenvalue weighted by molar-refractivity contribution is 0.346. The number of hydrogen-bond acceptors (Lipinski definition) is 5. The average Bonchev–Trinajstić information content (AvgIpc) is 2.59. The molecule has 1 heterocycles. The summed E-state index contributed by atoms with van der Waals surface area (Å²) in [6.45, 7) is 6.09. The van der Waals surface area contributed by atoms with Crippen LogP contribution in [0.15, 0.2) is 28.0 Å². The van der Waals surface area contributed by atoms with Crippen LogP contribution in [0.25, 0.3) is 0 Å². The highest BCUT2D eigenvalue weighted by Crippen LogP contribution is 2.24. The summed E-state index contributed by atoms with van der Waals surface area (Å²) in [6, 6.07) is 4.31. The first-order valence-corrected chi connectivity index (χ1v) is 11.5. The van der Waals surface area contributed by atoms with E-state index in [1.165, 1.54) is 16.4 Å². The lowest BCUT2D eigenvalue weighted by Gasteiger charge is -2.26. The van der Waals surface area contributed by atoms with Crippen molar-refractivity contribution in [2.75, 3.05) is 32.7 Å². The molecule has 0 radical (unpaired) electrons. The van der Waals surface area contributed by atoms with Gasteiger partial charge >= 0.3 is 0 Å². The lowest BCUT2D eigenvalue weighted by atomic mass is 10.2. The fourth-order valence-electron chi connectivity index (χ4n) is 2.81. The maximum absolute atomic E-state index is 12.8. The number of nitrogens with one attached hydrogen (secondary N) is 2. The van der Waals surface area contributed by atoms with Gasteiger partial charge in [-0.25, -0.2) is 21.6 Å². The van der Waals surface area contributed by atoms with Crippen LogP contribution >= 0.6 is 12.4 Å². The number of benzene rings is 1. The Labute approximate surface area is 163 Å². The summed E-state index contributed by atoms with van der Waals surface area (Å²) in [4.78, 5) is 0.0501. The largest absolute Gasteiger partial charge is 0.316 e. The molecular weight excluding hydrogens is 398 g/mol. The molecule has 10 heteroatoms. The number of rotatable bonds is 8. The zero-order valence-electron chi connectivity index (χ0n) is 15.2. The van der Waals surface area contributed by atoms with E-state index >= 15 is 0 Å². The Morgan fingerprint density at radius 1 is 1.04 bits per heavy atom. The molecule has 1 fully saturated rings. The van der Waals surface area contributed by atoms with Gasteiger partial charge in [-0.2, -0.15) is 4.31 Å². The Morgan fingerprint density at radius 3 is 2.31 bits per heavy atom. The van der Waals surface area contributed by atoms with Crippen molar-refractivity contribution in [3.63, 3.8) is 0 Å². The van der Waals surface area contributed by atoms with Crippen LogP contribution in [-0.4, -0.2) is 53.9 Å². The summed E-state index contributed by atoms with van der Waals surface area (Å²) < 4.78 is 54.6. The van der Waals surface area contributed by atoms with Crippen molar-refractivity contribution in [2.45, 2.75) is 42.9 Å². The molecular formula is C16H28ClN3O4S2. The second-order valence-electron chi connectivity index (χ2n) is 6.14.